The number of anilines is 1. The average molecular weight is 349 g/mol. The van der Waals surface area contributed by atoms with Crippen LogP contribution in [0.3, 0.4) is 0 Å². The highest BCUT2D eigenvalue weighted by Crippen LogP contribution is 2.26. The Balaban J connectivity index is 2.42. The summed E-state index contributed by atoms with van der Waals surface area (Å²) in [5, 5.41) is 0. The molecule has 2 aromatic carbocycles. The maximum absolute atomic E-state index is 12.5. The summed E-state index contributed by atoms with van der Waals surface area (Å²) in [7, 11) is -2.38. The number of esters is 1. The Morgan fingerprint density at radius 3 is 2.38 bits per heavy atom. The molecule has 0 aliphatic rings. The van der Waals surface area contributed by atoms with Gasteiger partial charge >= 0.3 is 5.97 Å². The van der Waals surface area contributed by atoms with Gasteiger partial charge in [0.25, 0.3) is 10.0 Å². The Kier molecular flexibility index (Phi) is 5.46. The maximum Gasteiger partial charge on any atom is 0.340 e. The molecule has 0 atom stereocenters. The summed E-state index contributed by atoms with van der Waals surface area (Å²) in [5.74, 6) is -0.189. The van der Waals surface area contributed by atoms with Gasteiger partial charge in [-0.25, -0.2) is 13.2 Å². The molecule has 0 bridgehead atoms. The molecule has 0 saturated carbocycles. The second kappa shape index (κ2) is 7.35. The van der Waals surface area contributed by atoms with Gasteiger partial charge in [-0.2, -0.15) is 0 Å². The molecule has 0 amide bonds. The van der Waals surface area contributed by atoms with Crippen molar-refractivity contribution in [2.75, 3.05) is 18.4 Å². The normalized spacial score (nSPS) is 11.0. The third-order valence-corrected chi connectivity index (χ3v) is 4.68. The molecule has 0 saturated heterocycles. The van der Waals surface area contributed by atoms with Crippen molar-refractivity contribution < 1.29 is 22.7 Å². The largest absolute Gasteiger partial charge is 0.497 e. The Labute approximate surface area is 141 Å². The summed E-state index contributed by atoms with van der Waals surface area (Å²) in [6.45, 7) is 3.73. The van der Waals surface area contributed by atoms with Crippen LogP contribution in [0.1, 0.15) is 22.8 Å². The van der Waals surface area contributed by atoms with E-state index in [2.05, 4.69) is 4.72 Å². The lowest BCUT2D eigenvalue weighted by Gasteiger charge is -2.13. The zero-order valence-electron chi connectivity index (χ0n) is 13.7. The van der Waals surface area contributed by atoms with Gasteiger partial charge in [0.2, 0.25) is 0 Å². The van der Waals surface area contributed by atoms with Gasteiger partial charge in [-0.1, -0.05) is 17.7 Å². The van der Waals surface area contributed by atoms with Crippen LogP contribution < -0.4 is 9.46 Å². The number of carbonyl (C=O) groups excluding carboxylic acids is 1. The molecule has 0 unspecified atom stereocenters. The summed E-state index contributed by atoms with van der Waals surface area (Å²) >= 11 is 0. The number of rotatable bonds is 6. The standard InChI is InChI=1S/C17H19NO5S/c1-4-23-17(19)15-10-7-13(22-3)11-16(15)18-24(20,21)14-8-5-12(2)6-9-14/h5-11,18H,4H2,1-3H3. The van der Waals surface area contributed by atoms with Crippen molar-refractivity contribution in [2.45, 2.75) is 18.7 Å². The van der Waals surface area contributed by atoms with Crippen LogP contribution in [0.15, 0.2) is 47.4 Å². The molecule has 0 aliphatic carbocycles. The van der Waals surface area contributed by atoms with Crippen molar-refractivity contribution in [3.05, 3.63) is 53.6 Å². The fraction of sp³-hybridized carbons (Fsp3) is 0.235. The highest BCUT2D eigenvalue weighted by molar-refractivity contribution is 7.92. The topological polar surface area (TPSA) is 81.7 Å². The quantitative estimate of drug-likeness (QED) is 0.811. The molecular formula is C17H19NO5S. The Bertz CT molecular complexity index is 829. The van der Waals surface area contributed by atoms with E-state index in [0.29, 0.717) is 5.75 Å². The number of methoxy groups -OCH3 is 1. The van der Waals surface area contributed by atoms with E-state index >= 15 is 0 Å². The molecule has 2 aromatic rings. The molecule has 2 rings (SSSR count). The predicted molar refractivity (Wildman–Crippen MR) is 90.9 cm³/mol. The monoisotopic (exact) mass is 349 g/mol. The van der Waals surface area contributed by atoms with Gasteiger partial charge in [0, 0.05) is 6.07 Å². The van der Waals surface area contributed by atoms with Crippen LogP contribution >= 0.6 is 0 Å². The first-order valence-electron chi connectivity index (χ1n) is 7.32. The van der Waals surface area contributed by atoms with Crippen molar-refractivity contribution in [3.63, 3.8) is 0 Å². The molecule has 128 valence electrons. The van der Waals surface area contributed by atoms with E-state index in [9.17, 15) is 13.2 Å². The van der Waals surface area contributed by atoms with Crippen molar-refractivity contribution in [1.29, 1.82) is 0 Å². The van der Waals surface area contributed by atoms with Crippen molar-refractivity contribution >= 4 is 21.7 Å². The second-order valence-electron chi connectivity index (χ2n) is 5.05. The summed E-state index contributed by atoms with van der Waals surface area (Å²) in [5.41, 5.74) is 1.17. The number of hydrogen-bond donors (Lipinski definition) is 1. The summed E-state index contributed by atoms with van der Waals surface area (Å²) in [6.07, 6.45) is 0. The average Bonchev–Trinajstić information content (AvgIpc) is 2.55. The van der Waals surface area contributed by atoms with Crippen LogP contribution in [0.2, 0.25) is 0 Å². The molecule has 6 nitrogen and oxygen atoms in total. The first-order chi connectivity index (χ1) is 11.4. The van der Waals surface area contributed by atoms with E-state index in [-0.39, 0.29) is 22.8 Å². The molecular weight excluding hydrogens is 330 g/mol. The molecule has 0 heterocycles. The van der Waals surface area contributed by atoms with Gasteiger partial charge in [0.15, 0.2) is 0 Å². The highest BCUT2D eigenvalue weighted by atomic mass is 32.2. The Morgan fingerprint density at radius 1 is 1.12 bits per heavy atom. The van der Waals surface area contributed by atoms with Crippen molar-refractivity contribution in [2.24, 2.45) is 0 Å². The van der Waals surface area contributed by atoms with E-state index in [1.54, 1.807) is 25.1 Å². The zero-order chi connectivity index (χ0) is 17.7. The van der Waals surface area contributed by atoms with Gasteiger partial charge < -0.3 is 9.47 Å². The summed E-state index contributed by atoms with van der Waals surface area (Å²) in [4.78, 5) is 12.1. The molecule has 7 heteroatoms. The fourth-order valence-corrected chi connectivity index (χ4v) is 3.11. The number of ether oxygens (including phenoxy) is 2. The SMILES string of the molecule is CCOC(=O)c1ccc(OC)cc1NS(=O)(=O)c1ccc(C)cc1. The highest BCUT2D eigenvalue weighted by Gasteiger charge is 2.20. The van der Waals surface area contributed by atoms with E-state index in [1.807, 2.05) is 6.92 Å². The number of hydrogen-bond acceptors (Lipinski definition) is 5. The van der Waals surface area contributed by atoms with Crippen LogP contribution in [0.4, 0.5) is 5.69 Å². The number of benzene rings is 2. The molecule has 0 aliphatic heterocycles. The molecule has 1 N–H and O–H groups in total. The van der Waals surface area contributed by atoms with Crippen LogP contribution in [-0.4, -0.2) is 28.1 Å². The second-order valence-corrected chi connectivity index (χ2v) is 6.73. The van der Waals surface area contributed by atoms with Crippen molar-refractivity contribution in [1.82, 2.24) is 0 Å². The van der Waals surface area contributed by atoms with E-state index < -0.39 is 16.0 Å². The predicted octanol–water partition coefficient (Wildman–Crippen LogP) is 2.98. The van der Waals surface area contributed by atoms with Crippen LogP contribution in [0.25, 0.3) is 0 Å². The van der Waals surface area contributed by atoms with E-state index in [0.717, 1.165) is 5.56 Å². The number of carbonyl (C=O) groups is 1. The Morgan fingerprint density at radius 2 is 1.79 bits per heavy atom. The first kappa shape index (κ1) is 17.8. The third kappa shape index (κ3) is 4.05. The van der Waals surface area contributed by atoms with Gasteiger partial charge in [0.1, 0.15) is 5.75 Å². The maximum atomic E-state index is 12.5. The molecule has 24 heavy (non-hydrogen) atoms. The zero-order valence-corrected chi connectivity index (χ0v) is 14.5. The number of aryl methyl sites for hydroxylation is 1. The molecule has 0 aromatic heterocycles. The number of nitrogens with one attached hydrogen (secondary N) is 1. The van der Waals surface area contributed by atoms with Gasteiger partial charge in [0.05, 0.1) is 29.9 Å². The van der Waals surface area contributed by atoms with Gasteiger partial charge in [-0.3, -0.25) is 4.72 Å². The minimum absolute atomic E-state index is 0.103. The lowest BCUT2D eigenvalue weighted by Crippen LogP contribution is -2.16. The lowest BCUT2D eigenvalue weighted by molar-refractivity contribution is 0.0527. The molecule has 0 spiro atoms. The molecule has 0 radical (unpaired) electrons. The van der Waals surface area contributed by atoms with Gasteiger partial charge in [-0.05, 0) is 38.1 Å². The van der Waals surface area contributed by atoms with Gasteiger partial charge in [-0.15, -0.1) is 0 Å². The van der Waals surface area contributed by atoms with E-state index in [4.69, 9.17) is 9.47 Å². The van der Waals surface area contributed by atoms with Crippen LogP contribution in [-0.2, 0) is 14.8 Å². The fourth-order valence-electron chi connectivity index (χ4n) is 2.04. The number of sulfonamides is 1. The van der Waals surface area contributed by atoms with Crippen LogP contribution in [0.5, 0.6) is 5.75 Å². The minimum atomic E-state index is -3.84. The molecule has 0 fully saturated rings. The van der Waals surface area contributed by atoms with Crippen molar-refractivity contribution in [3.8, 4) is 5.75 Å². The Hall–Kier alpha value is -2.54. The smallest absolute Gasteiger partial charge is 0.340 e. The first-order valence-corrected chi connectivity index (χ1v) is 8.80. The summed E-state index contributed by atoms with van der Waals surface area (Å²) in [6, 6.07) is 10.9. The lowest BCUT2D eigenvalue weighted by atomic mass is 10.2. The third-order valence-electron chi connectivity index (χ3n) is 3.30. The van der Waals surface area contributed by atoms with Crippen LogP contribution in [0, 0.1) is 6.92 Å². The van der Waals surface area contributed by atoms with E-state index in [1.165, 1.54) is 31.4 Å². The minimum Gasteiger partial charge on any atom is -0.497 e. The summed E-state index contributed by atoms with van der Waals surface area (Å²) < 4.78 is 37.6.